The van der Waals surface area contributed by atoms with Gasteiger partial charge in [-0.2, -0.15) is 0 Å². The first-order valence-corrected chi connectivity index (χ1v) is 21.7. The zero-order valence-electron chi connectivity index (χ0n) is 33.6. The lowest BCUT2D eigenvalue weighted by molar-refractivity contribution is 0.660. The highest BCUT2D eigenvalue weighted by Gasteiger charge is 2.47. The van der Waals surface area contributed by atoms with Crippen LogP contribution in [-0.2, 0) is 10.8 Å². The van der Waals surface area contributed by atoms with Crippen molar-refractivity contribution < 1.29 is 0 Å². The van der Waals surface area contributed by atoms with Crippen LogP contribution in [0.1, 0.15) is 47.2 Å². The van der Waals surface area contributed by atoms with Gasteiger partial charge < -0.3 is 4.90 Å². The molecule has 10 aromatic rings. The number of anilines is 3. The average Bonchev–Trinajstić information content (AvgIpc) is 3.91. The minimum Gasteiger partial charge on any atom is -0.310 e. The van der Waals surface area contributed by atoms with E-state index in [2.05, 4.69) is 231 Å². The maximum absolute atomic E-state index is 2.45. The molecule has 1 nitrogen and oxygen atoms in total. The molecule has 0 atom stereocenters. The van der Waals surface area contributed by atoms with Crippen molar-refractivity contribution in [1.29, 1.82) is 0 Å². The Bertz CT molecular complexity index is 3240. The van der Waals surface area contributed by atoms with Crippen molar-refractivity contribution in [2.75, 3.05) is 4.90 Å². The molecule has 284 valence electrons. The summed E-state index contributed by atoms with van der Waals surface area (Å²) in [5.41, 5.74) is 18.6. The van der Waals surface area contributed by atoms with Crippen LogP contribution in [0.15, 0.2) is 212 Å². The van der Waals surface area contributed by atoms with E-state index in [1.54, 1.807) is 0 Å². The summed E-state index contributed by atoms with van der Waals surface area (Å²) in [6.45, 7) is 4.73. The fourth-order valence-corrected chi connectivity index (χ4v) is 11.9. The number of thiophene rings is 1. The molecule has 2 aliphatic carbocycles. The van der Waals surface area contributed by atoms with E-state index in [0.717, 1.165) is 17.1 Å². The van der Waals surface area contributed by atoms with Crippen LogP contribution < -0.4 is 4.90 Å². The van der Waals surface area contributed by atoms with Gasteiger partial charge in [-0.3, -0.25) is 0 Å². The summed E-state index contributed by atoms with van der Waals surface area (Å²) in [5.74, 6) is 0. The van der Waals surface area contributed by atoms with Crippen LogP contribution in [0.5, 0.6) is 0 Å². The summed E-state index contributed by atoms with van der Waals surface area (Å²) < 4.78 is 2.62. The number of hydrogen-bond donors (Lipinski definition) is 0. The lowest BCUT2D eigenvalue weighted by Crippen LogP contribution is -2.28. The third-order valence-electron chi connectivity index (χ3n) is 13.4. The van der Waals surface area contributed by atoms with Crippen molar-refractivity contribution in [1.82, 2.24) is 0 Å². The number of fused-ring (bicyclic) bond motifs is 9. The third-order valence-corrected chi connectivity index (χ3v) is 14.6. The van der Waals surface area contributed by atoms with Crippen LogP contribution in [-0.4, -0.2) is 0 Å². The van der Waals surface area contributed by atoms with E-state index in [1.165, 1.54) is 86.9 Å². The van der Waals surface area contributed by atoms with E-state index in [-0.39, 0.29) is 5.41 Å². The minimum atomic E-state index is -0.459. The van der Waals surface area contributed by atoms with Crippen molar-refractivity contribution in [3.63, 3.8) is 0 Å². The zero-order chi connectivity index (χ0) is 40.0. The van der Waals surface area contributed by atoms with Gasteiger partial charge in [0.1, 0.15) is 0 Å². The summed E-state index contributed by atoms with van der Waals surface area (Å²) in [6, 6.07) is 79.1. The molecule has 0 bridgehead atoms. The molecule has 0 unspecified atom stereocenters. The van der Waals surface area contributed by atoms with E-state index in [0.29, 0.717) is 0 Å². The summed E-state index contributed by atoms with van der Waals surface area (Å²) in [7, 11) is 0. The largest absolute Gasteiger partial charge is 0.310 e. The third kappa shape index (κ3) is 4.98. The van der Waals surface area contributed by atoms with Crippen molar-refractivity contribution in [2.45, 2.75) is 24.7 Å². The second-order valence-electron chi connectivity index (χ2n) is 16.8. The average molecular weight is 784 g/mol. The molecule has 12 rings (SSSR count). The minimum absolute atomic E-state index is 0.110. The Hall–Kier alpha value is -7.00. The van der Waals surface area contributed by atoms with Crippen LogP contribution in [0.4, 0.5) is 17.1 Å². The molecule has 0 saturated carbocycles. The fourth-order valence-electron chi connectivity index (χ4n) is 10.6. The maximum atomic E-state index is 2.45. The molecule has 0 amide bonds. The Morgan fingerprint density at radius 1 is 0.367 bits per heavy atom. The summed E-state index contributed by atoms with van der Waals surface area (Å²) in [4.78, 5) is 2.45. The lowest BCUT2D eigenvalue weighted by Gasteiger charge is -2.34. The summed E-state index contributed by atoms with van der Waals surface area (Å²) in [5, 5.41) is 2.56. The fraction of sp³-hybridized carbons (Fsp3) is 0.0690. The number of hydrogen-bond acceptors (Lipinski definition) is 2. The predicted molar refractivity (Wildman–Crippen MR) is 254 cm³/mol. The van der Waals surface area contributed by atoms with Crippen molar-refractivity contribution in [3.05, 3.63) is 246 Å². The number of rotatable bonds is 6. The Morgan fingerprint density at radius 3 is 1.58 bits per heavy atom. The van der Waals surface area contributed by atoms with Gasteiger partial charge in [-0.1, -0.05) is 184 Å². The predicted octanol–water partition coefficient (Wildman–Crippen LogP) is 15.9. The molecule has 0 N–H and O–H groups in total. The first-order valence-electron chi connectivity index (χ1n) is 20.9. The highest BCUT2D eigenvalue weighted by Crippen LogP contribution is 2.58. The van der Waals surface area contributed by atoms with Gasteiger partial charge in [-0.05, 0) is 109 Å². The molecule has 1 aromatic heterocycles. The number of nitrogens with zero attached hydrogens (tertiary/aromatic N) is 1. The first-order chi connectivity index (χ1) is 29.5. The van der Waals surface area contributed by atoms with Crippen LogP contribution in [0.2, 0.25) is 0 Å². The van der Waals surface area contributed by atoms with E-state index in [4.69, 9.17) is 0 Å². The molecule has 1 heterocycles. The molecule has 0 aliphatic heterocycles. The Morgan fingerprint density at radius 2 is 0.883 bits per heavy atom. The van der Waals surface area contributed by atoms with Crippen LogP contribution in [0.25, 0.3) is 53.6 Å². The molecule has 60 heavy (non-hydrogen) atoms. The van der Waals surface area contributed by atoms with E-state index in [9.17, 15) is 0 Å². The maximum Gasteiger partial charge on any atom is 0.0727 e. The molecule has 2 heteroatoms. The quantitative estimate of drug-likeness (QED) is 0.162. The van der Waals surface area contributed by atoms with E-state index in [1.807, 2.05) is 11.3 Å². The zero-order valence-corrected chi connectivity index (χ0v) is 34.4. The normalized spacial score (nSPS) is 14.1. The van der Waals surface area contributed by atoms with E-state index >= 15 is 0 Å². The Labute approximate surface area is 355 Å². The monoisotopic (exact) mass is 783 g/mol. The molecule has 9 aromatic carbocycles. The van der Waals surface area contributed by atoms with Gasteiger partial charge in [0, 0.05) is 42.6 Å². The van der Waals surface area contributed by atoms with Crippen molar-refractivity contribution in [2.24, 2.45) is 0 Å². The van der Waals surface area contributed by atoms with E-state index < -0.39 is 5.41 Å². The molecule has 0 saturated heterocycles. The standard InChI is InChI=1S/C58H41NS/c1-57(2)50-24-12-9-20-44(50)47-34-32-43(37-54(47)57)59(41-30-28-39(29-31-41)38-16-5-3-6-17-38)42-33-35-55-49(36-42)48-23-15-27-53(56(48)60-55)58(40-18-7-4-8-19-40)51-25-13-10-21-45(51)46-22-11-14-26-52(46)58/h3-37H,1-2H3. The Kier molecular flexibility index (Phi) is 7.73. The van der Waals surface area contributed by atoms with Gasteiger partial charge in [0.2, 0.25) is 0 Å². The molecule has 0 radical (unpaired) electrons. The molecule has 2 aliphatic rings. The van der Waals surface area contributed by atoms with Crippen LogP contribution in [0.3, 0.4) is 0 Å². The second kappa shape index (κ2) is 13.3. The highest BCUT2D eigenvalue weighted by molar-refractivity contribution is 7.26. The van der Waals surface area contributed by atoms with Gasteiger partial charge in [-0.15, -0.1) is 11.3 Å². The summed E-state index contributed by atoms with van der Waals surface area (Å²) in [6.07, 6.45) is 0. The Balaban J connectivity index is 1.07. The molecular weight excluding hydrogens is 743 g/mol. The SMILES string of the molecule is CC1(C)c2ccccc2-c2ccc(N(c3ccc(-c4ccccc4)cc3)c3ccc4sc5c(C6(c7ccccc7)c7ccccc7-c7ccccc76)cccc5c4c3)cc21. The number of benzene rings is 9. The van der Waals surface area contributed by atoms with Gasteiger partial charge in [-0.25, -0.2) is 0 Å². The lowest BCUT2D eigenvalue weighted by atomic mass is 9.67. The van der Waals surface area contributed by atoms with Gasteiger partial charge in [0.25, 0.3) is 0 Å². The van der Waals surface area contributed by atoms with Crippen LogP contribution >= 0.6 is 11.3 Å². The van der Waals surface area contributed by atoms with Gasteiger partial charge in [0.15, 0.2) is 0 Å². The molecule has 0 spiro atoms. The van der Waals surface area contributed by atoms with Gasteiger partial charge >= 0.3 is 0 Å². The highest BCUT2D eigenvalue weighted by atomic mass is 32.1. The molecule has 0 fully saturated rings. The first kappa shape index (κ1) is 35.0. The van der Waals surface area contributed by atoms with Crippen LogP contribution in [0, 0.1) is 0 Å². The smallest absolute Gasteiger partial charge is 0.0727 e. The van der Waals surface area contributed by atoms with Crippen molar-refractivity contribution >= 4 is 48.6 Å². The summed E-state index contributed by atoms with van der Waals surface area (Å²) >= 11 is 1.92. The van der Waals surface area contributed by atoms with Crippen molar-refractivity contribution in [3.8, 4) is 33.4 Å². The van der Waals surface area contributed by atoms with Gasteiger partial charge in [0.05, 0.1) is 5.41 Å². The molecular formula is C58H41NS. The topological polar surface area (TPSA) is 3.24 Å². The second-order valence-corrected chi connectivity index (χ2v) is 17.9.